The lowest BCUT2D eigenvalue weighted by molar-refractivity contribution is -0.148. The van der Waals surface area contributed by atoms with E-state index in [1.165, 1.54) is 17.7 Å². The second-order valence-electron chi connectivity index (χ2n) is 6.43. The second kappa shape index (κ2) is 11.0. The number of halogens is 1. The molecule has 0 aliphatic heterocycles. The van der Waals surface area contributed by atoms with E-state index in [-0.39, 0.29) is 31.0 Å². The fourth-order valence-electron chi connectivity index (χ4n) is 2.58. The first-order valence-corrected chi connectivity index (χ1v) is 9.27. The lowest BCUT2D eigenvalue weighted by atomic mass is 10.0. The Morgan fingerprint density at radius 2 is 1.57 bits per heavy atom. The molecule has 0 unspecified atom stereocenters. The van der Waals surface area contributed by atoms with Gasteiger partial charge in [-0.2, -0.15) is 0 Å². The summed E-state index contributed by atoms with van der Waals surface area (Å²) >= 11 is 0. The van der Waals surface area contributed by atoms with E-state index in [1.54, 1.807) is 24.3 Å². The van der Waals surface area contributed by atoms with Crippen molar-refractivity contribution in [3.63, 3.8) is 0 Å². The van der Waals surface area contributed by atoms with E-state index in [9.17, 15) is 18.8 Å². The molecule has 6 heteroatoms. The Morgan fingerprint density at radius 3 is 2.21 bits per heavy atom. The van der Waals surface area contributed by atoms with Gasteiger partial charge >= 0.3 is 5.97 Å². The quantitative estimate of drug-likeness (QED) is 0.501. The highest BCUT2D eigenvalue weighted by molar-refractivity contribution is 5.97. The van der Waals surface area contributed by atoms with Gasteiger partial charge in [0.25, 0.3) is 5.91 Å². The predicted octanol–water partition coefficient (Wildman–Crippen LogP) is 3.60. The lowest BCUT2D eigenvalue weighted by Crippen LogP contribution is -2.28. The van der Waals surface area contributed by atoms with Gasteiger partial charge in [-0.25, -0.2) is 4.39 Å². The molecular formula is C22H24FNO4. The number of ketones is 1. The average molecular weight is 385 g/mol. The molecule has 2 aromatic carbocycles. The van der Waals surface area contributed by atoms with E-state index in [1.807, 2.05) is 12.1 Å². The Balaban J connectivity index is 1.66. The summed E-state index contributed by atoms with van der Waals surface area (Å²) in [7, 11) is 0. The summed E-state index contributed by atoms with van der Waals surface area (Å²) < 4.78 is 17.7. The van der Waals surface area contributed by atoms with Crippen molar-refractivity contribution in [1.29, 1.82) is 0 Å². The third-order valence-electron chi connectivity index (χ3n) is 4.14. The molecule has 0 saturated carbocycles. The number of ether oxygens (including phenoxy) is 1. The highest BCUT2D eigenvalue weighted by Crippen LogP contribution is 2.10. The van der Waals surface area contributed by atoms with Crippen LogP contribution >= 0.6 is 0 Å². The SMILES string of the molecule is CCCc1ccc(C(=O)CCC(=O)OCC(=O)NCc2ccc(F)cc2)cc1. The van der Waals surface area contributed by atoms with Crippen LogP contribution in [0, 0.1) is 5.82 Å². The summed E-state index contributed by atoms with van der Waals surface area (Å²) in [6.45, 7) is 1.89. The molecule has 2 rings (SSSR count). The van der Waals surface area contributed by atoms with Crippen LogP contribution in [0.25, 0.3) is 0 Å². The molecule has 0 bridgehead atoms. The number of aryl methyl sites for hydroxylation is 1. The Morgan fingerprint density at radius 1 is 0.929 bits per heavy atom. The Kier molecular flexibility index (Phi) is 8.34. The maximum Gasteiger partial charge on any atom is 0.306 e. The molecule has 0 aliphatic rings. The van der Waals surface area contributed by atoms with Gasteiger partial charge in [0.15, 0.2) is 12.4 Å². The number of rotatable bonds is 10. The molecule has 0 radical (unpaired) electrons. The Bertz CT molecular complexity index is 800. The minimum Gasteiger partial charge on any atom is -0.456 e. The van der Waals surface area contributed by atoms with Crippen molar-refractivity contribution in [3.8, 4) is 0 Å². The van der Waals surface area contributed by atoms with Crippen molar-refractivity contribution in [1.82, 2.24) is 5.32 Å². The van der Waals surface area contributed by atoms with E-state index in [2.05, 4.69) is 12.2 Å². The zero-order valence-corrected chi connectivity index (χ0v) is 15.9. The minimum absolute atomic E-state index is 0.0309. The largest absolute Gasteiger partial charge is 0.456 e. The van der Waals surface area contributed by atoms with Crippen LogP contribution in [0.4, 0.5) is 4.39 Å². The summed E-state index contributed by atoms with van der Waals surface area (Å²) in [5.41, 5.74) is 2.46. The van der Waals surface area contributed by atoms with Gasteiger partial charge in [-0.15, -0.1) is 0 Å². The molecule has 0 heterocycles. The molecule has 0 saturated heterocycles. The van der Waals surface area contributed by atoms with E-state index in [4.69, 9.17) is 4.74 Å². The van der Waals surface area contributed by atoms with E-state index >= 15 is 0 Å². The van der Waals surface area contributed by atoms with Gasteiger partial charge < -0.3 is 10.1 Å². The Labute approximate surface area is 163 Å². The summed E-state index contributed by atoms with van der Waals surface area (Å²) in [6, 6.07) is 13.1. The van der Waals surface area contributed by atoms with Crippen molar-refractivity contribution in [2.45, 2.75) is 39.2 Å². The summed E-state index contributed by atoms with van der Waals surface area (Å²) in [4.78, 5) is 35.6. The van der Waals surface area contributed by atoms with E-state index < -0.39 is 18.5 Å². The number of carbonyl (C=O) groups excluding carboxylic acids is 3. The van der Waals surface area contributed by atoms with Crippen molar-refractivity contribution in [2.75, 3.05) is 6.61 Å². The molecule has 0 aliphatic carbocycles. The molecular weight excluding hydrogens is 361 g/mol. The number of hydrogen-bond acceptors (Lipinski definition) is 4. The van der Waals surface area contributed by atoms with Crippen LogP contribution in [0.3, 0.4) is 0 Å². The van der Waals surface area contributed by atoms with Gasteiger partial charge in [0.05, 0.1) is 6.42 Å². The van der Waals surface area contributed by atoms with Crippen LogP contribution in [0.5, 0.6) is 0 Å². The summed E-state index contributed by atoms with van der Waals surface area (Å²) in [5.74, 6) is -1.56. The number of nitrogens with one attached hydrogen (secondary N) is 1. The van der Waals surface area contributed by atoms with Gasteiger partial charge in [-0.05, 0) is 29.7 Å². The lowest BCUT2D eigenvalue weighted by Gasteiger charge is -2.07. The maximum absolute atomic E-state index is 12.8. The highest BCUT2D eigenvalue weighted by atomic mass is 19.1. The van der Waals surface area contributed by atoms with Crippen LogP contribution in [0.2, 0.25) is 0 Å². The van der Waals surface area contributed by atoms with Crippen molar-refractivity contribution < 1.29 is 23.5 Å². The molecule has 0 atom stereocenters. The number of benzene rings is 2. The highest BCUT2D eigenvalue weighted by Gasteiger charge is 2.12. The molecule has 1 amide bonds. The number of Topliss-reactive ketones (excluding diaryl/α,β-unsaturated/α-hetero) is 1. The topological polar surface area (TPSA) is 72.5 Å². The first kappa shape index (κ1) is 21.3. The summed E-state index contributed by atoms with van der Waals surface area (Å²) in [6.07, 6.45) is 1.95. The average Bonchev–Trinajstić information content (AvgIpc) is 2.71. The zero-order valence-electron chi connectivity index (χ0n) is 15.9. The molecule has 0 fully saturated rings. The fraction of sp³-hybridized carbons (Fsp3) is 0.318. The van der Waals surface area contributed by atoms with Crippen LogP contribution < -0.4 is 5.32 Å². The molecule has 2 aromatic rings. The van der Waals surface area contributed by atoms with Crippen LogP contribution in [-0.4, -0.2) is 24.3 Å². The first-order chi connectivity index (χ1) is 13.5. The number of amides is 1. The number of carbonyl (C=O) groups is 3. The third kappa shape index (κ3) is 7.31. The van der Waals surface area contributed by atoms with Crippen LogP contribution in [-0.2, 0) is 27.3 Å². The predicted molar refractivity (Wildman–Crippen MR) is 103 cm³/mol. The standard InChI is InChI=1S/C22H24FNO4/c1-2-3-16-4-8-18(9-5-16)20(25)12-13-22(27)28-15-21(26)24-14-17-6-10-19(23)11-7-17/h4-11H,2-3,12-15H2,1H3,(H,24,26). The van der Waals surface area contributed by atoms with Crippen molar-refractivity contribution in [3.05, 3.63) is 71.0 Å². The third-order valence-corrected chi connectivity index (χ3v) is 4.14. The molecule has 28 heavy (non-hydrogen) atoms. The smallest absolute Gasteiger partial charge is 0.306 e. The van der Waals surface area contributed by atoms with Gasteiger partial charge in [0.2, 0.25) is 0 Å². The van der Waals surface area contributed by atoms with Crippen LogP contribution in [0.15, 0.2) is 48.5 Å². The maximum atomic E-state index is 12.8. The minimum atomic E-state index is -0.604. The zero-order chi connectivity index (χ0) is 20.4. The molecule has 1 N–H and O–H groups in total. The van der Waals surface area contributed by atoms with Gasteiger partial charge in [-0.1, -0.05) is 49.7 Å². The van der Waals surface area contributed by atoms with Crippen LogP contribution in [0.1, 0.15) is 47.7 Å². The Hall–Kier alpha value is -3.02. The molecule has 0 spiro atoms. The number of esters is 1. The molecule has 0 aromatic heterocycles. The normalized spacial score (nSPS) is 10.4. The van der Waals surface area contributed by atoms with Crippen molar-refractivity contribution in [2.24, 2.45) is 0 Å². The first-order valence-electron chi connectivity index (χ1n) is 9.27. The van der Waals surface area contributed by atoms with Gasteiger partial charge in [0.1, 0.15) is 5.82 Å². The second-order valence-corrected chi connectivity index (χ2v) is 6.43. The van der Waals surface area contributed by atoms with Gasteiger partial charge in [0, 0.05) is 18.5 Å². The molecule has 5 nitrogen and oxygen atoms in total. The summed E-state index contributed by atoms with van der Waals surface area (Å²) in [5, 5.41) is 2.57. The fourth-order valence-corrected chi connectivity index (χ4v) is 2.58. The van der Waals surface area contributed by atoms with E-state index in [0.29, 0.717) is 5.56 Å². The monoisotopic (exact) mass is 385 g/mol. The van der Waals surface area contributed by atoms with Gasteiger partial charge in [-0.3, -0.25) is 14.4 Å². The number of hydrogen-bond donors (Lipinski definition) is 1. The van der Waals surface area contributed by atoms with Crippen molar-refractivity contribution >= 4 is 17.7 Å². The molecule has 148 valence electrons. The van der Waals surface area contributed by atoms with E-state index in [0.717, 1.165) is 18.4 Å².